The first kappa shape index (κ1) is 11.5. The number of amides is 1. The zero-order valence-corrected chi connectivity index (χ0v) is 8.53. The number of carbonyl (C=O) groups is 1. The summed E-state index contributed by atoms with van der Waals surface area (Å²) in [5.74, 6) is -0.417. The largest absolute Gasteiger partial charge is 0.508 e. The number of phenols is 1. The molecule has 0 radical (unpaired) electrons. The second kappa shape index (κ2) is 5.34. The summed E-state index contributed by atoms with van der Waals surface area (Å²) >= 11 is 0. The molecule has 0 bridgehead atoms. The van der Waals surface area contributed by atoms with E-state index in [0.29, 0.717) is 6.42 Å². The van der Waals surface area contributed by atoms with Crippen molar-refractivity contribution in [3.8, 4) is 5.75 Å². The summed E-state index contributed by atoms with van der Waals surface area (Å²) in [6.07, 6.45) is 0.570. The summed E-state index contributed by atoms with van der Waals surface area (Å²) in [5.41, 5.74) is 0.904. The van der Waals surface area contributed by atoms with Gasteiger partial charge in [0.1, 0.15) is 5.75 Å². The Morgan fingerprint density at radius 1 is 1.60 bits per heavy atom. The van der Waals surface area contributed by atoms with Crippen LogP contribution in [0.25, 0.3) is 0 Å². The maximum atomic E-state index is 11.9. The van der Waals surface area contributed by atoms with Crippen molar-refractivity contribution in [2.75, 3.05) is 6.67 Å². The van der Waals surface area contributed by atoms with Gasteiger partial charge in [0, 0.05) is 6.04 Å². The van der Waals surface area contributed by atoms with Crippen LogP contribution < -0.4 is 5.32 Å². The first-order valence-electron chi connectivity index (χ1n) is 4.75. The van der Waals surface area contributed by atoms with E-state index in [1.54, 1.807) is 25.1 Å². The lowest BCUT2D eigenvalue weighted by Crippen LogP contribution is -2.34. The standard InChI is InChI=1S/C11H14FNO2/c1-8(13-11(15)7-12)5-9-3-2-4-10(14)6-9/h2-4,6,8,14H,5,7H2,1H3,(H,13,15). The maximum Gasteiger partial charge on any atom is 0.251 e. The minimum atomic E-state index is -0.996. The number of halogens is 1. The van der Waals surface area contributed by atoms with E-state index in [1.807, 2.05) is 6.07 Å². The van der Waals surface area contributed by atoms with Gasteiger partial charge in [-0.2, -0.15) is 0 Å². The Morgan fingerprint density at radius 2 is 2.33 bits per heavy atom. The first-order valence-corrected chi connectivity index (χ1v) is 4.75. The van der Waals surface area contributed by atoms with Crippen LogP contribution in [0.15, 0.2) is 24.3 Å². The van der Waals surface area contributed by atoms with E-state index < -0.39 is 12.6 Å². The molecule has 1 rings (SSSR count). The molecular weight excluding hydrogens is 197 g/mol. The van der Waals surface area contributed by atoms with E-state index in [4.69, 9.17) is 0 Å². The number of benzene rings is 1. The van der Waals surface area contributed by atoms with Gasteiger partial charge in [-0.15, -0.1) is 0 Å². The average molecular weight is 211 g/mol. The third kappa shape index (κ3) is 3.97. The van der Waals surface area contributed by atoms with Crippen molar-refractivity contribution in [3.05, 3.63) is 29.8 Å². The predicted octanol–water partition coefficient (Wildman–Crippen LogP) is 1.41. The van der Waals surface area contributed by atoms with Crippen molar-refractivity contribution in [2.24, 2.45) is 0 Å². The summed E-state index contributed by atoms with van der Waals surface area (Å²) in [4.78, 5) is 10.7. The molecule has 1 atom stereocenters. The van der Waals surface area contributed by atoms with Crippen LogP contribution in [-0.2, 0) is 11.2 Å². The molecular formula is C11H14FNO2. The van der Waals surface area contributed by atoms with Gasteiger partial charge in [-0.05, 0) is 31.0 Å². The lowest BCUT2D eigenvalue weighted by Gasteiger charge is -2.12. The second-order valence-electron chi connectivity index (χ2n) is 3.48. The highest BCUT2D eigenvalue weighted by atomic mass is 19.1. The molecule has 4 heteroatoms. The quantitative estimate of drug-likeness (QED) is 0.791. The van der Waals surface area contributed by atoms with Crippen LogP contribution in [0.1, 0.15) is 12.5 Å². The molecule has 0 aliphatic carbocycles. The highest BCUT2D eigenvalue weighted by Gasteiger charge is 2.07. The third-order valence-electron chi connectivity index (χ3n) is 1.98. The molecule has 1 aromatic rings. The van der Waals surface area contributed by atoms with Crippen LogP contribution in [0, 0.1) is 0 Å². The zero-order chi connectivity index (χ0) is 11.3. The molecule has 1 unspecified atom stereocenters. The maximum absolute atomic E-state index is 11.9. The van der Waals surface area contributed by atoms with Gasteiger partial charge in [-0.3, -0.25) is 4.79 Å². The van der Waals surface area contributed by atoms with Gasteiger partial charge < -0.3 is 10.4 Å². The van der Waals surface area contributed by atoms with Crippen molar-refractivity contribution >= 4 is 5.91 Å². The number of hydrogen-bond donors (Lipinski definition) is 2. The highest BCUT2D eigenvalue weighted by molar-refractivity contribution is 5.77. The Balaban J connectivity index is 2.51. The van der Waals surface area contributed by atoms with Crippen LogP contribution >= 0.6 is 0 Å². The van der Waals surface area contributed by atoms with E-state index in [9.17, 15) is 14.3 Å². The van der Waals surface area contributed by atoms with Gasteiger partial charge in [0.05, 0.1) is 0 Å². The molecule has 0 saturated heterocycles. The molecule has 0 heterocycles. The molecule has 0 aliphatic rings. The smallest absolute Gasteiger partial charge is 0.251 e. The van der Waals surface area contributed by atoms with Crippen molar-refractivity contribution < 1.29 is 14.3 Å². The van der Waals surface area contributed by atoms with E-state index in [-0.39, 0.29) is 11.8 Å². The predicted molar refractivity (Wildman–Crippen MR) is 55.4 cm³/mol. The Morgan fingerprint density at radius 3 is 2.93 bits per heavy atom. The van der Waals surface area contributed by atoms with Crippen LogP contribution in [0.2, 0.25) is 0 Å². The van der Waals surface area contributed by atoms with E-state index >= 15 is 0 Å². The number of aromatic hydroxyl groups is 1. The number of alkyl halides is 1. The van der Waals surface area contributed by atoms with E-state index in [2.05, 4.69) is 5.32 Å². The molecule has 1 aromatic carbocycles. The first-order chi connectivity index (χ1) is 7.11. The summed E-state index contributed by atoms with van der Waals surface area (Å²) in [6, 6.07) is 6.63. The second-order valence-corrected chi connectivity index (χ2v) is 3.48. The Bertz CT molecular complexity index is 341. The molecule has 0 aliphatic heterocycles. The van der Waals surface area contributed by atoms with Crippen molar-refractivity contribution in [1.82, 2.24) is 5.32 Å². The fourth-order valence-electron chi connectivity index (χ4n) is 1.40. The van der Waals surface area contributed by atoms with Gasteiger partial charge >= 0.3 is 0 Å². The third-order valence-corrected chi connectivity index (χ3v) is 1.98. The van der Waals surface area contributed by atoms with Crippen molar-refractivity contribution in [1.29, 1.82) is 0 Å². The summed E-state index contributed by atoms with van der Waals surface area (Å²) in [7, 11) is 0. The van der Waals surface area contributed by atoms with Crippen molar-refractivity contribution in [3.63, 3.8) is 0 Å². The summed E-state index contributed by atoms with van der Waals surface area (Å²) in [6.45, 7) is 0.794. The molecule has 3 nitrogen and oxygen atoms in total. The summed E-state index contributed by atoms with van der Waals surface area (Å²) in [5, 5.41) is 11.7. The van der Waals surface area contributed by atoms with Gasteiger partial charge in [0.15, 0.2) is 6.67 Å². The monoisotopic (exact) mass is 211 g/mol. The number of hydrogen-bond acceptors (Lipinski definition) is 2. The highest BCUT2D eigenvalue weighted by Crippen LogP contribution is 2.12. The van der Waals surface area contributed by atoms with E-state index in [1.165, 1.54) is 0 Å². The average Bonchev–Trinajstić information content (AvgIpc) is 2.17. The molecule has 0 aromatic heterocycles. The van der Waals surface area contributed by atoms with Crippen LogP contribution in [0.4, 0.5) is 4.39 Å². The van der Waals surface area contributed by atoms with Crippen molar-refractivity contribution in [2.45, 2.75) is 19.4 Å². The van der Waals surface area contributed by atoms with Gasteiger partial charge in [0.25, 0.3) is 5.91 Å². The molecule has 1 amide bonds. The molecule has 2 N–H and O–H groups in total. The molecule has 0 spiro atoms. The topological polar surface area (TPSA) is 49.3 Å². The van der Waals surface area contributed by atoms with Crippen LogP contribution in [0.3, 0.4) is 0 Å². The fourth-order valence-corrected chi connectivity index (χ4v) is 1.40. The molecule has 0 fully saturated rings. The lowest BCUT2D eigenvalue weighted by molar-refractivity contribution is -0.122. The Hall–Kier alpha value is -1.58. The van der Waals surface area contributed by atoms with E-state index in [0.717, 1.165) is 5.56 Å². The molecule has 0 saturated carbocycles. The van der Waals surface area contributed by atoms with Gasteiger partial charge in [-0.25, -0.2) is 4.39 Å². The molecule has 82 valence electrons. The normalized spacial score (nSPS) is 12.1. The van der Waals surface area contributed by atoms with Gasteiger partial charge in [-0.1, -0.05) is 12.1 Å². The molecule has 15 heavy (non-hydrogen) atoms. The summed E-state index contributed by atoms with van der Waals surface area (Å²) < 4.78 is 11.9. The van der Waals surface area contributed by atoms with Crippen LogP contribution in [-0.4, -0.2) is 23.7 Å². The SMILES string of the molecule is CC(Cc1cccc(O)c1)NC(=O)CF. The Kier molecular flexibility index (Phi) is 4.09. The lowest BCUT2D eigenvalue weighted by atomic mass is 10.1. The number of nitrogens with one attached hydrogen (secondary N) is 1. The van der Waals surface area contributed by atoms with Crippen LogP contribution in [0.5, 0.6) is 5.75 Å². The minimum Gasteiger partial charge on any atom is -0.508 e. The van der Waals surface area contributed by atoms with Gasteiger partial charge in [0.2, 0.25) is 0 Å². The zero-order valence-electron chi connectivity index (χ0n) is 8.53. The number of carbonyl (C=O) groups excluding carboxylic acids is 1. The number of phenolic OH excluding ortho intramolecular Hbond substituents is 1. The minimum absolute atomic E-state index is 0.143. The fraction of sp³-hybridized carbons (Fsp3) is 0.364. The number of rotatable bonds is 4. The Labute approximate surface area is 87.9 Å².